The number of imide groups is 2. The van der Waals surface area contributed by atoms with Crippen molar-refractivity contribution in [1.82, 2.24) is 20.4 Å². The van der Waals surface area contributed by atoms with Crippen LogP contribution in [0.2, 0.25) is 0 Å². The van der Waals surface area contributed by atoms with Crippen LogP contribution in [0.5, 0.6) is 0 Å². The van der Waals surface area contributed by atoms with Gasteiger partial charge in [-0.3, -0.25) is 29.4 Å². The Bertz CT molecular complexity index is 1070. The number of fused-ring (bicyclic) bond motifs is 1. The van der Waals surface area contributed by atoms with Crippen molar-refractivity contribution in [3.8, 4) is 0 Å². The van der Waals surface area contributed by atoms with Crippen LogP contribution in [0.1, 0.15) is 59.2 Å². The van der Waals surface area contributed by atoms with Gasteiger partial charge in [-0.05, 0) is 61.6 Å². The molecule has 9 nitrogen and oxygen atoms in total. The van der Waals surface area contributed by atoms with Gasteiger partial charge in [0.15, 0.2) is 0 Å². The second kappa shape index (κ2) is 8.71. The van der Waals surface area contributed by atoms with Crippen molar-refractivity contribution >= 4 is 29.3 Å². The van der Waals surface area contributed by atoms with Gasteiger partial charge in [0.1, 0.15) is 6.04 Å². The van der Waals surface area contributed by atoms with E-state index in [4.69, 9.17) is 0 Å². The van der Waals surface area contributed by atoms with Crippen LogP contribution in [-0.4, -0.2) is 85.3 Å². The lowest BCUT2D eigenvalue weighted by Crippen LogP contribution is -2.54. The molecule has 1 atom stereocenters. The largest absolute Gasteiger partial charge is 0.371 e. The third-order valence-corrected chi connectivity index (χ3v) is 8.78. The molecule has 3 saturated heterocycles. The Morgan fingerprint density at radius 3 is 2.34 bits per heavy atom. The van der Waals surface area contributed by atoms with Crippen molar-refractivity contribution in [2.75, 3.05) is 50.7 Å². The van der Waals surface area contributed by atoms with Crippen molar-refractivity contribution in [2.24, 2.45) is 11.3 Å². The molecule has 6 rings (SSSR count). The molecule has 1 saturated carbocycles. The lowest BCUT2D eigenvalue weighted by Gasteiger charge is -2.54. The third kappa shape index (κ3) is 4.04. The zero-order valence-corrected chi connectivity index (χ0v) is 20.1. The highest BCUT2D eigenvalue weighted by atomic mass is 16.2. The van der Waals surface area contributed by atoms with Crippen LogP contribution in [0.15, 0.2) is 18.2 Å². The number of anilines is 1. The monoisotopic (exact) mass is 479 g/mol. The molecule has 1 aliphatic carbocycles. The van der Waals surface area contributed by atoms with Crippen LogP contribution in [0.25, 0.3) is 0 Å². The quantitative estimate of drug-likeness (QED) is 0.621. The summed E-state index contributed by atoms with van der Waals surface area (Å²) in [6.45, 7) is 7.68. The summed E-state index contributed by atoms with van der Waals surface area (Å²) in [6.07, 6.45) is 5.27. The molecule has 2 N–H and O–H groups in total. The summed E-state index contributed by atoms with van der Waals surface area (Å²) >= 11 is 0. The number of carbonyl (C=O) groups excluding carboxylic acids is 4. The van der Waals surface area contributed by atoms with E-state index in [0.717, 1.165) is 68.6 Å². The molecular weight excluding hydrogens is 446 g/mol. The third-order valence-electron chi connectivity index (χ3n) is 8.78. The number of nitrogens with zero attached hydrogens (tertiary/aromatic N) is 3. The number of benzene rings is 1. The molecule has 1 aromatic rings. The van der Waals surface area contributed by atoms with Crippen LogP contribution in [0.3, 0.4) is 0 Å². The molecule has 9 heteroatoms. The first-order valence-electron chi connectivity index (χ1n) is 13.0. The maximum Gasteiger partial charge on any atom is 0.262 e. The fourth-order valence-electron chi connectivity index (χ4n) is 6.86. The Hall–Kier alpha value is -2.78. The molecular formula is C26H33N5O4. The number of carbonyl (C=O) groups is 4. The molecule has 1 spiro atoms. The lowest BCUT2D eigenvalue weighted by molar-refractivity contribution is -0.136. The molecule has 5 aliphatic rings. The van der Waals surface area contributed by atoms with Gasteiger partial charge < -0.3 is 15.1 Å². The minimum Gasteiger partial charge on any atom is -0.371 e. The zero-order valence-electron chi connectivity index (χ0n) is 20.1. The molecule has 4 aliphatic heterocycles. The van der Waals surface area contributed by atoms with E-state index in [9.17, 15) is 19.2 Å². The summed E-state index contributed by atoms with van der Waals surface area (Å²) in [7, 11) is 0. The van der Waals surface area contributed by atoms with Gasteiger partial charge in [0.25, 0.3) is 11.8 Å². The number of piperazine rings is 1. The average molecular weight is 480 g/mol. The van der Waals surface area contributed by atoms with Crippen molar-refractivity contribution in [1.29, 1.82) is 0 Å². The van der Waals surface area contributed by atoms with E-state index >= 15 is 0 Å². The fourth-order valence-corrected chi connectivity index (χ4v) is 6.86. The van der Waals surface area contributed by atoms with Crippen LogP contribution in [0.4, 0.5) is 5.69 Å². The van der Waals surface area contributed by atoms with Crippen molar-refractivity contribution in [2.45, 2.75) is 44.6 Å². The van der Waals surface area contributed by atoms with E-state index in [1.165, 1.54) is 19.4 Å². The smallest absolute Gasteiger partial charge is 0.262 e. The van der Waals surface area contributed by atoms with Crippen LogP contribution >= 0.6 is 0 Å². The van der Waals surface area contributed by atoms with E-state index in [0.29, 0.717) is 16.5 Å². The van der Waals surface area contributed by atoms with Gasteiger partial charge >= 0.3 is 0 Å². The summed E-state index contributed by atoms with van der Waals surface area (Å²) in [4.78, 5) is 55.8. The second-order valence-corrected chi connectivity index (χ2v) is 11.0. The Morgan fingerprint density at radius 2 is 1.63 bits per heavy atom. The molecule has 186 valence electrons. The fraction of sp³-hybridized carbons (Fsp3) is 0.615. The van der Waals surface area contributed by atoms with Gasteiger partial charge in [-0.1, -0.05) is 0 Å². The predicted molar refractivity (Wildman–Crippen MR) is 129 cm³/mol. The molecule has 0 radical (unpaired) electrons. The first-order valence-corrected chi connectivity index (χ1v) is 13.0. The van der Waals surface area contributed by atoms with E-state index in [1.54, 1.807) is 6.07 Å². The Kier molecular flexibility index (Phi) is 5.64. The Morgan fingerprint density at radius 1 is 0.914 bits per heavy atom. The zero-order chi connectivity index (χ0) is 24.2. The Labute approximate surface area is 205 Å². The highest BCUT2D eigenvalue weighted by molar-refractivity contribution is 6.23. The summed E-state index contributed by atoms with van der Waals surface area (Å²) in [5, 5.41) is 5.67. The lowest BCUT2D eigenvalue weighted by atomic mass is 9.57. The van der Waals surface area contributed by atoms with Gasteiger partial charge in [0.2, 0.25) is 11.8 Å². The Balaban J connectivity index is 1.08. The van der Waals surface area contributed by atoms with Crippen molar-refractivity contribution in [3.05, 3.63) is 29.3 Å². The molecule has 1 aromatic carbocycles. The van der Waals surface area contributed by atoms with E-state index in [-0.39, 0.29) is 18.7 Å². The standard InChI is InChI=1S/C26H33N5O4/c32-22-4-3-21(23(33)28-22)31-24(34)19-2-1-18(13-20(19)25(31)35)30-9-5-26(6-10-30)14-17(15-26)16-29-11-7-27-8-12-29/h1-2,13,17,21,27H,3-12,14-16H2,(H,28,32,33). The summed E-state index contributed by atoms with van der Waals surface area (Å²) in [6, 6.07) is 4.52. The van der Waals surface area contributed by atoms with E-state index < -0.39 is 23.8 Å². The van der Waals surface area contributed by atoms with Crippen LogP contribution < -0.4 is 15.5 Å². The van der Waals surface area contributed by atoms with Crippen LogP contribution in [-0.2, 0) is 9.59 Å². The average Bonchev–Trinajstić information content (AvgIpc) is 3.09. The van der Waals surface area contributed by atoms with Crippen molar-refractivity contribution < 1.29 is 19.2 Å². The number of rotatable bonds is 4. The molecule has 4 amide bonds. The predicted octanol–water partition coefficient (Wildman–Crippen LogP) is 0.990. The molecule has 4 fully saturated rings. The number of hydrogen-bond donors (Lipinski definition) is 2. The second-order valence-electron chi connectivity index (χ2n) is 11.0. The molecule has 0 bridgehead atoms. The molecule has 4 heterocycles. The van der Waals surface area contributed by atoms with Crippen molar-refractivity contribution in [3.63, 3.8) is 0 Å². The summed E-state index contributed by atoms with van der Waals surface area (Å²) in [5.74, 6) is -1.01. The van der Waals surface area contributed by atoms with Gasteiger partial charge in [-0.2, -0.15) is 0 Å². The molecule has 1 unspecified atom stereocenters. The van der Waals surface area contributed by atoms with E-state index in [1.807, 2.05) is 12.1 Å². The normalized spacial score (nSPS) is 27.3. The number of amides is 4. The van der Waals surface area contributed by atoms with E-state index in [2.05, 4.69) is 20.4 Å². The van der Waals surface area contributed by atoms with Gasteiger partial charge in [0, 0.05) is 57.9 Å². The maximum atomic E-state index is 13.1. The number of nitrogens with one attached hydrogen (secondary N) is 2. The van der Waals surface area contributed by atoms with Gasteiger partial charge in [-0.15, -0.1) is 0 Å². The number of piperidine rings is 2. The van der Waals surface area contributed by atoms with Crippen LogP contribution in [0, 0.1) is 11.3 Å². The minimum atomic E-state index is -0.925. The maximum absolute atomic E-state index is 13.1. The minimum absolute atomic E-state index is 0.126. The molecule has 35 heavy (non-hydrogen) atoms. The first-order chi connectivity index (χ1) is 16.9. The highest BCUT2D eigenvalue weighted by Crippen LogP contribution is 2.53. The SMILES string of the molecule is O=C1CCC(N2C(=O)c3ccc(N4CCC5(CC4)CC(CN4CCNCC4)C5)cc3C2=O)C(=O)N1. The highest BCUT2D eigenvalue weighted by Gasteiger charge is 2.47. The summed E-state index contributed by atoms with van der Waals surface area (Å²) in [5.41, 5.74) is 2.13. The molecule has 0 aromatic heterocycles. The summed E-state index contributed by atoms with van der Waals surface area (Å²) < 4.78 is 0. The van der Waals surface area contributed by atoms with Gasteiger partial charge in [0.05, 0.1) is 11.1 Å². The topological polar surface area (TPSA) is 102 Å². The first kappa shape index (κ1) is 22.7. The van der Waals surface area contributed by atoms with Gasteiger partial charge in [-0.25, -0.2) is 0 Å². The number of hydrogen-bond acceptors (Lipinski definition) is 7.